The molecule has 2 aromatic rings. The van der Waals surface area contributed by atoms with Crippen LogP contribution >= 0.6 is 0 Å². The van der Waals surface area contributed by atoms with Gasteiger partial charge in [-0.15, -0.1) is 0 Å². The Morgan fingerprint density at radius 2 is 2.38 bits per heavy atom. The van der Waals surface area contributed by atoms with Crippen molar-refractivity contribution in [1.82, 2.24) is 15.0 Å². The van der Waals surface area contributed by atoms with Crippen LogP contribution in [0.2, 0.25) is 0 Å². The van der Waals surface area contributed by atoms with Crippen LogP contribution in [-0.2, 0) is 6.61 Å². The number of aromatic amines is 1. The van der Waals surface area contributed by atoms with Crippen LogP contribution in [-0.4, -0.2) is 15.0 Å². The molecule has 1 N–H and O–H groups in total. The second-order valence-electron chi connectivity index (χ2n) is 2.90. The van der Waals surface area contributed by atoms with Crippen molar-refractivity contribution in [2.75, 3.05) is 0 Å². The van der Waals surface area contributed by atoms with Crippen molar-refractivity contribution < 1.29 is 4.74 Å². The summed E-state index contributed by atoms with van der Waals surface area (Å²) < 4.78 is 5.43. The number of H-pyrrole nitrogens is 1. The molecule has 3 heterocycles. The van der Waals surface area contributed by atoms with Crippen LogP contribution in [0.5, 0.6) is 5.88 Å². The first-order valence-electron chi connectivity index (χ1n) is 4.04. The Morgan fingerprint density at radius 3 is 3.38 bits per heavy atom. The number of nitrogens with zero attached hydrogens (tertiary/aromatic N) is 2. The van der Waals surface area contributed by atoms with Crippen molar-refractivity contribution in [3.63, 3.8) is 0 Å². The van der Waals surface area contributed by atoms with Gasteiger partial charge in [0.05, 0.1) is 11.3 Å². The van der Waals surface area contributed by atoms with Crippen LogP contribution in [0, 0.1) is 0 Å². The second-order valence-corrected chi connectivity index (χ2v) is 2.90. The van der Waals surface area contributed by atoms with Gasteiger partial charge in [0.25, 0.3) is 0 Å². The zero-order chi connectivity index (χ0) is 8.67. The summed E-state index contributed by atoms with van der Waals surface area (Å²) in [5.74, 6) is 0.669. The lowest BCUT2D eigenvalue weighted by Gasteiger charge is -2.15. The minimum Gasteiger partial charge on any atom is -0.471 e. The highest BCUT2D eigenvalue weighted by Gasteiger charge is 2.18. The molecule has 0 spiro atoms. The molecule has 3 rings (SSSR count). The minimum atomic E-state index is 0.562. The van der Waals surface area contributed by atoms with E-state index in [-0.39, 0.29) is 0 Å². The normalized spacial score (nSPS) is 12.9. The first kappa shape index (κ1) is 6.65. The average Bonchev–Trinajstić information content (AvgIpc) is 2.65. The van der Waals surface area contributed by atoms with Crippen molar-refractivity contribution in [2.45, 2.75) is 6.61 Å². The molecule has 64 valence electrons. The number of aromatic nitrogens is 3. The number of nitrogens with one attached hydrogen (secondary N) is 1. The zero-order valence-corrected chi connectivity index (χ0v) is 6.82. The monoisotopic (exact) mass is 173 g/mol. The lowest BCUT2D eigenvalue weighted by molar-refractivity contribution is 0.285. The van der Waals surface area contributed by atoms with Crippen LogP contribution in [0.4, 0.5) is 0 Å². The zero-order valence-electron chi connectivity index (χ0n) is 6.82. The Labute approximate surface area is 74.6 Å². The molecule has 0 aromatic carbocycles. The molecule has 0 radical (unpaired) electrons. The van der Waals surface area contributed by atoms with E-state index in [4.69, 9.17) is 4.74 Å². The van der Waals surface area contributed by atoms with E-state index in [2.05, 4.69) is 15.0 Å². The predicted molar refractivity (Wildman–Crippen MR) is 46.2 cm³/mol. The molecule has 0 saturated heterocycles. The summed E-state index contributed by atoms with van der Waals surface area (Å²) >= 11 is 0. The van der Waals surface area contributed by atoms with Gasteiger partial charge >= 0.3 is 0 Å². The van der Waals surface area contributed by atoms with Gasteiger partial charge in [0.15, 0.2) is 0 Å². The van der Waals surface area contributed by atoms with E-state index in [1.807, 2.05) is 12.3 Å². The molecule has 0 fully saturated rings. The molecule has 1 aliphatic heterocycles. The topological polar surface area (TPSA) is 50.8 Å². The smallest absolute Gasteiger partial charge is 0.224 e. The summed E-state index contributed by atoms with van der Waals surface area (Å²) in [5, 5.41) is 0. The van der Waals surface area contributed by atoms with E-state index in [1.165, 1.54) is 6.33 Å². The summed E-state index contributed by atoms with van der Waals surface area (Å²) in [5.41, 5.74) is 3.19. The Kier molecular flexibility index (Phi) is 1.19. The van der Waals surface area contributed by atoms with Crippen molar-refractivity contribution >= 4 is 0 Å². The molecule has 0 amide bonds. The van der Waals surface area contributed by atoms with Gasteiger partial charge < -0.3 is 9.72 Å². The molecule has 1 aliphatic rings. The molecule has 0 saturated carbocycles. The molecular formula is C9H7N3O. The molecule has 4 heteroatoms. The first-order chi connectivity index (χ1) is 6.45. The first-order valence-corrected chi connectivity index (χ1v) is 4.04. The second kappa shape index (κ2) is 2.32. The Bertz CT molecular complexity index is 450. The number of rotatable bonds is 0. The summed E-state index contributed by atoms with van der Waals surface area (Å²) in [6.45, 7) is 0.562. The fourth-order valence-corrected chi connectivity index (χ4v) is 1.53. The van der Waals surface area contributed by atoms with Crippen LogP contribution in [0.25, 0.3) is 11.1 Å². The standard InChI is InChI=1S/C9H7N3O/c1-2-11-8-4-13-9-7(6(1)8)3-10-5-12-9/h1-3,5,11H,4H2. The predicted octanol–water partition coefficient (Wildman–Crippen LogP) is 1.36. The minimum absolute atomic E-state index is 0.562. The number of hydrogen-bond acceptors (Lipinski definition) is 3. The molecule has 0 atom stereocenters. The maximum Gasteiger partial charge on any atom is 0.224 e. The van der Waals surface area contributed by atoms with E-state index < -0.39 is 0 Å². The molecule has 0 aliphatic carbocycles. The van der Waals surface area contributed by atoms with Gasteiger partial charge in [-0.2, -0.15) is 0 Å². The van der Waals surface area contributed by atoms with Crippen molar-refractivity contribution in [2.24, 2.45) is 0 Å². The Hall–Kier alpha value is -1.84. The van der Waals surface area contributed by atoms with E-state index in [0.29, 0.717) is 12.5 Å². The quantitative estimate of drug-likeness (QED) is 0.654. The third kappa shape index (κ3) is 0.853. The van der Waals surface area contributed by atoms with Gasteiger partial charge in [-0.05, 0) is 6.07 Å². The molecule has 0 unspecified atom stereocenters. The van der Waals surface area contributed by atoms with Crippen LogP contribution < -0.4 is 4.74 Å². The van der Waals surface area contributed by atoms with Crippen LogP contribution in [0.1, 0.15) is 5.69 Å². The van der Waals surface area contributed by atoms with Gasteiger partial charge in [0, 0.05) is 18.0 Å². The lowest BCUT2D eigenvalue weighted by Crippen LogP contribution is -2.06. The fraction of sp³-hybridized carbons (Fsp3) is 0.111. The molecule has 0 bridgehead atoms. The maximum absolute atomic E-state index is 5.43. The highest BCUT2D eigenvalue weighted by atomic mass is 16.5. The summed E-state index contributed by atoms with van der Waals surface area (Å²) in [4.78, 5) is 11.1. The van der Waals surface area contributed by atoms with Gasteiger partial charge in [-0.25, -0.2) is 9.97 Å². The summed E-state index contributed by atoms with van der Waals surface area (Å²) in [6, 6.07) is 2.01. The van der Waals surface area contributed by atoms with Gasteiger partial charge in [-0.3, -0.25) is 0 Å². The summed E-state index contributed by atoms with van der Waals surface area (Å²) in [6.07, 6.45) is 5.17. The molecule has 2 aromatic heterocycles. The summed E-state index contributed by atoms with van der Waals surface area (Å²) in [7, 11) is 0. The van der Waals surface area contributed by atoms with Gasteiger partial charge in [0.1, 0.15) is 12.9 Å². The third-order valence-electron chi connectivity index (χ3n) is 2.15. The van der Waals surface area contributed by atoms with E-state index in [1.54, 1.807) is 6.20 Å². The largest absolute Gasteiger partial charge is 0.471 e. The lowest BCUT2D eigenvalue weighted by atomic mass is 10.1. The van der Waals surface area contributed by atoms with Crippen molar-refractivity contribution in [3.8, 4) is 17.0 Å². The SMILES string of the molecule is c1ncc2c(n1)OCc1[nH]ccc1-2. The molecule has 4 nitrogen and oxygen atoms in total. The van der Waals surface area contributed by atoms with E-state index >= 15 is 0 Å². The fourth-order valence-electron chi connectivity index (χ4n) is 1.53. The molecule has 13 heavy (non-hydrogen) atoms. The Balaban J connectivity index is 2.30. The van der Waals surface area contributed by atoms with Gasteiger partial charge in [0.2, 0.25) is 5.88 Å². The highest BCUT2D eigenvalue weighted by Crippen LogP contribution is 2.33. The van der Waals surface area contributed by atoms with Crippen molar-refractivity contribution in [1.29, 1.82) is 0 Å². The van der Waals surface area contributed by atoms with Crippen LogP contribution in [0.15, 0.2) is 24.8 Å². The van der Waals surface area contributed by atoms with Crippen LogP contribution in [0.3, 0.4) is 0 Å². The highest BCUT2D eigenvalue weighted by molar-refractivity contribution is 5.71. The molecular weight excluding hydrogens is 166 g/mol. The van der Waals surface area contributed by atoms with Gasteiger partial charge in [-0.1, -0.05) is 0 Å². The van der Waals surface area contributed by atoms with E-state index in [9.17, 15) is 0 Å². The van der Waals surface area contributed by atoms with E-state index in [0.717, 1.165) is 16.8 Å². The number of fused-ring (bicyclic) bond motifs is 3. The van der Waals surface area contributed by atoms with Crippen molar-refractivity contribution in [3.05, 3.63) is 30.5 Å². The Morgan fingerprint density at radius 1 is 1.38 bits per heavy atom. The maximum atomic E-state index is 5.43. The number of hydrogen-bond donors (Lipinski definition) is 1. The number of ether oxygens (including phenoxy) is 1. The third-order valence-corrected chi connectivity index (χ3v) is 2.15. The average molecular weight is 173 g/mol.